The van der Waals surface area contributed by atoms with Crippen LogP contribution < -0.4 is 0 Å². The molecule has 0 fully saturated rings. The molecule has 0 saturated carbocycles. The molecular weight excluding hydrogens is 492 g/mol. The first-order valence-electron chi connectivity index (χ1n) is 15.0. The van der Waals surface area contributed by atoms with Gasteiger partial charge in [0.05, 0.1) is 5.56 Å². The summed E-state index contributed by atoms with van der Waals surface area (Å²) >= 11 is 0. The van der Waals surface area contributed by atoms with E-state index in [1.165, 1.54) is 48.1 Å². The minimum absolute atomic E-state index is 0.250. The normalized spacial score (nSPS) is 14.2. The number of fused-ring (bicyclic) bond motifs is 3. The quantitative estimate of drug-likeness (QED) is 0.133. The van der Waals surface area contributed by atoms with E-state index >= 15 is 0 Å². The van der Waals surface area contributed by atoms with Gasteiger partial charge >= 0.3 is 5.97 Å². The van der Waals surface area contributed by atoms with Crippen molar-refractivity contribution in [1.82, 2.24) is 9.13 Å². The first kappa shape index (κ1) is 26.4. The molecule has 2 aromatic heterocycles. The topological polar surface area (TPSA) is 36.2 Å². The van der Waals surface area contributed by atoms with Crippen LogP contribution in [0.1, 0.15) is 90.8 Å². The summed E-state index contributed by atoms with van der Waals surface area (Å²) in [6, 6.07) is 25.3. The number of hydrogen-bond acceptors (Lipinski definition) is 2. The summed E-state index contributed by atoms with van der Waals surface area (Å²) in [6.45, 7) is 10.8. The maximum atomic E-state index is 13.7. The first-order valence-corrected chi connectivity index (χ1v) is 15.0. The van der Waals surface area contributed by atoms with Gasteiger partial charge in [0.25, 0.3) is 0 Å². The lowest BCUT2D eigenvalue weighted by atomic mass is 9.77. The molecule has 6 rings (SSSR count). The molecule has 40 heavy (non-hydrogen) atoms. The third-order valence-electron chi connectivity index (χ3n) is 8.91. The predicted octanol–water partition coefficient (Wildman–Crippen LogP) is 9.06. The maximum Gasteiger partial charge on any atom is 0.340 e. The molecule has 0 aliphatic carbocycles. The molecular formula is C36H40N2O2. The van der Waals surface area contributed by atoms with Gasteiger partial charge in [-0.2, -0.15) is 0 Å². The van der Waals surface area contributed by atoms with Crippen LogP contribution >= 0.6 is 0 Å². The zero-order chi connectivity index (χ0) is 27.9. The molecule has 0 N–H and O–H groups in total. The lowest BCUT2D eigenvalue weighted by Gasteiger charge is -2.31. The Labute approximate surface area is 237 Å². The zero-order valence-electron chi connectivity index (χ0n) is 24.3. The van der Waals surface area contributed by atoms with Gasteiger partial charge in [-0.1, -0.05) is 94.1 Å². The molecule has 0 atom stereocenters. The fourth-order valence-corrected chi connectivity index (χ4v) is 7.08. The fourth-order valence-electron chi connectivity index (χ4n) is 7.08. The van der Waals surface area contributed by atoms with Crippen LogP contribution in [-0.2, 0) is 23.4 Å². The number of hydrogen-bond donors (Lipinski definition) is 0. The van der Waals surface area contributed by atoms with Gasteiger partial charge in [-0.05, 0) is 44.9 Å². The Morgan fingerprint density at radius 2 is 1.12 bits per heavy atom. The maximum absolute atomic E-state index is 13.7. The van der Waals surface area contributed by atoms with Crippen LogP contribution in [0.3, 0.4) is 0 Å². The van der Waals surface area contributed by atoms with Crippen LogP contribution in [0.2, 0.25) is 0 Å². The van der Waals surface area contributed by atoms with E-state index in [2.05, 4.69) is 91.4 Å². The average molecular weight is 533 g/mol. The number of nitrogens with zero attached hydrogens (tertiary/aromatic N) is 2. The second kappa shape index (κ2) is 10.6. The first-order chi connectivity index (χ1) is 19.5. The van der Waals surface area contributed by atoms with Crippen LogP contribution in [0.4, 0.5) is 0 Å². The Hall–Kier alpha value is -3.79. The lowest BCUT2D eigenvalue weighted by Crippen LogP contribution is -2.31. The zero-order valence-corrected chi connectivity index (χ0v) is 24.3. The predicted molar refractivity (Wildman–Crippen MR) is 164 cm³/mol. The number of para-hydroxylation sites is 2. The van der Waals surface area contributed by atoms with Gasteiger partial charge in [0, 0.05) is 63.0 Å². The summed E-state index contributed by atoms with van der Waals surface area (Å²) in [5.74, 6) is -0.250. The van der Waals surface area contributed by atoms with Crippen molar-refractivity contribution in [3.05, 3.63) is 106 Å². The van der Waals surface area contributed by atoms with E-state index in [9.17, 15) is 4.79 Å². The van der Waals surface area contributed by atoms with E-state index in [0.717, 1.165) is 53.4 Å². The van der Waals surface area contributed by atoms with Crippen LogP contribution in [0.15, 0.2) is 72.8 Å². The number of esters is 1. The van der Waals surface area contributed by atoms with Gasteiger partial charge in [-0.25, -0.2) is 4.79 Å². The number of benzene rings is 3. The minimum atomic E-state index is -1.03. The summed E-state index contributed by atoms with van der Waals surface area (Å²) in [6.07, 6.45) is 6.97. The third kappa shape index (κ3) is 3.91. The largest absolute Gasteiger partial charge is 0.440 e. The molecule has 206 valence electrons. The van der Waals surface area contributed by atoms with Gasteiger partial charge in [-0.15, -0.1) is 0 Å². The van der Waals surface area contributed by atoms with Crippen molar-refractivity contribution in [2.24, 2.45) is 0 Å². The summed E-state index contributed by atoms with van der Waals surface area (Å²) in [4.78, 5) is 13.7. The molecule has 0 radical (unpaired) electrons. The SMILES string of the molecule is CCCCCn1c(C)c(C2(c3c(C)n(CCCCC)c4ccccc34)OC(=O)c3ccccc32)c2ccccc21. The van der Waals surface area contributed by atoms with Crippen molar-refractivity contribution in [3.63, 3.8) is 0 Å². The van der Waals surface area contributed by atoms with Gasteiger partial charge < -0.3 is 13.9 Å². The van der Waals surface area contributed by atoms with Gasteiger partial charge in [0.1, 0.15) is 0 Å². The number of unbranched alkanes of at least 4 members (excludes halogenated alkanes) is 4. The summed E-state index contributed by atoms with van der Waals surface area (Å²) in [7, 11) is 0. The second-order valence-corrected chi connectivity index (χ2v) is 11.3. The number of aromatic nitrogens is 2. The Balaban J connectivity index is 1.71. The molecule has 4 nitrogen and oxygen atoms in total. The number of ether oxygens (including phenoxy) is 1. The molecule has 0 spiro atoms. The molecule has 5 aromatic rings. The molecule has 0 amide bonds. The highest BCUT2D eigenvalue weighted by Gasteiger charge is 2.53. The van der Waals surface area contributed by atoms with E-state index in [0.29, 0.717) is 5.56 Å². The Kier molecular flexibility index (Phi) is 7.04. The van der Waals surface area contributed by atoms with E-state index in [-0.39, 0.29) is 5.97 Å². The molecule has 0 unspecified atom stereocenters. The Morgan fingerprint density at radius 3 is 1.65 bits per heavy atom. The second-order valence-electron chi connectivity index (χ2n) is 11.3. The Morgan fingerprint density at radius 1 is 0.650 bits per heavy atom. The number of carbonyl (C=O) groups excluding carboxylic acids is 1. The smallest absolute Gasteiger partial charge is 0.340 e. The summed E-state index contributed by atoms with van der Waals surface area (Å²) < 4.78 is 11.7. The third-order valence-corrected chi connectivity index (χ3v) is 8.91. The standard InChI is InChI=1S/C36H40N2O2/c1-5-7-15-23-37-25(3)33(28-18-10-13-21-31(28)37)36(30-20-12-9-17-27(30)35(39)40-36)34-26(4)38(24-16-8-6-2)32-22-14-11-19-29(32)34/h9-14,17-22H,5-8,15-16,23-24H2,1-4H3. The van der Waals surface area contributed by atoms with Gasteiger partial charge in [-0.3, -0.25) is 0 Å². The van der Waals surface area contributed by atoms with E-state index in [4.69, 9.17) is 4.74 Å². The fraction of sp³-hybridized carbons (Fsp3) is 0.361. The monoisotopic (exact) mass is 532 g/mol. The average Bonchev–Trinajstić information content (AvgIpc) is 3.54. The molecule has 1 aliphatic rings. The number of aryl methyl sites for hydroxylation is 2. The molecule has 3 aromatic carbocycles. The van der Waals surface area contributed by atoms with Crippen LogP contribution in [-0.4, -0.2) is 15.1 Å². The highest BCUT2D eigenvalue weighted by molar-refractivity contribution is 6.01. The lowest BCUT2D eigenvalue weighted by molar-refractivity contribution is 0.0255. The molecule has 0 saturated heterocycles. The van der Waals surface area contributed by atoms with E-state index in [1.807, 2.05) is 18.2 Å². The van der Waals surface area contributed by atoms with Gasteiger partial charge in [0.2, 0.25) is 0 Å². The van der Waals surface area contributed by atoms with Crippen LogP contribution in [0.5, 0.6) is 0 Å². The van der Waals surface area contributed by atoms with Crippen molar-refractivity contribution < 1.29 is 9.53 Å². The van der Waals surface area contributed by atoms with Crippen LogP contribution in [0.25, 0.3) is 21.8 Å². The highest BCUT2D eigenvalue weighted by atomic mass is 16.6. The van der Waals surface area contributed by atoms with Crippen molar-refractivity contribution >= 4 is 27.8 Å². The van der Waals surface area contributed by atoms with E-state index in [1.54, 1.807) is 0 Å². The molecule has 0 bridgehead atoms. The number of carbonyl (C=O) groups is 1. The van der Waals surface area contributed by atoms with Crippen molar-refractivity contribution in [2.45, 2.75) is 84.9 Å². The number of cyclic esters (lactones) is 1. The van der Waals surface area contributed by atoms with Crippen molar-refractivity contribution in [1.29, 1.82) is 0 Å². The molecule has 1 aliphatic heterocycles. The summed E-state index contributed by atoms with van der Waals surface area (Å²) in [5, 5.41) is 2.31. The highest BCUT2D eigenvalue weighted by Crippen LogP contribution is 2.54. The molecule has 3 heterocycles. The summed E-state index contributed by atoms with van der Waals surface area (Å²) in [5.41, 5.74) is 7.51. The molecule has 4 heteroatoms. The van der Waals surface area contributed by atoms with Crippen molar-refractivity contribution in [2.75, 3.05) is 0 Å². The van der Waals surface area contributed by atoms with Crippen molar-refractivity contribution in [3.8, 4) is 0 Å². The van der Waals surface area contributed by atoms with E-state index < -0.39 is 5.60 Å². The van der Waals surface area contributed by atoms with Crippen LogP contribution in [0, 0.1) is 13.8 Å². The number of rotatable bonds is 10. The van der Waals surface area contributed by atoms with Gasteiger partial charge in [0.15, 0.2) is 5.60 Å². The minimum Gasteiger partial charge on any atom is -0.440 e. The Bertz CT molecular complexity index is 1610.